The molecule has 16 rings (SSSR count). The Hall–Kier alpha value is -19.2. The molecule has 0 saturated carbocycles. The Bertz CT molecular complexity index is 6960. The Morgan fingerprint density at radius 1 is 0.231 bits per heavy atom. The maximum absolute atomic E-state index is 15.6. The lowest BCUT2D eigenvalue weighted by molar-refractivity contribution is -0.283. The maximum atomic E-state index is 15.6. The van der Waals surface area contributed by atoms with Crippen LogP contribution in [0.2, 0.25) is 0 Å². The second kappa shape index (κ2) is 31.7. The van der Waals surface area contributed by atoms with E-state index >= 15 is 33.6 Å². The summed E-state index contributed by atoms with van der Waals surface area (Å²) in [5.74, 6) is -69.5. The average molecular weight is 1870 g/mol. The molecule has 10 aromatic rings. The average Bonchev–Trinajstić information content (AvgIpc) is 1.13. The van der Waals surface area contributed by atoms with Crippen molar-refractivity contribution < 1.29 is 258 Å². The highest BCUT2D eigenvalue weighted by Gasteiger charge is 2.59. The molecule has 0 radical (unpaired) electrons. The topological polar surface area (TPSA) is 877 Å². The molecule has 0 aliphatic carbocycles. The first-order valence-electron chi connectivity index (χ1n) is 37.2. The van der Waals surface area contributed by atoms with Gasteiger partial charge < -0.3 is 210 Å². The summed E-state index contributed by atoms with van der Waals surface area (Å²) in [5, 5.41) is 323. The van der Waals surface area contributed by atoms with Gasteiger partial charge in [-0.1, -0.05) is 0 Å². The molecule has 0 aromatic heterocycles. The highest BCUT2D eigenvalue weighted by molar-refractivity contribution is 6.14. The predicted molar refractivity (Wildman–Crippen MR) is 413 cm³/mol. The number of phenols is 29. The second-order valence-electron chi connectivity index (χ2n) is 29.4. The number of rotatable bonds is 6. The molecule has 52 heteroatoms. The van der Waals surface area contributed by atoms with E-state index in [4.69, 9.17) is 61.6 Å². The van der Waals surface area contributed by atoms with Gasteiger partial charge >= 0.3 is 59.7 Å². The summed E-state index contributed by atoms with van der Waals surface area (Å²) in [7, 11) is 0. The first kappa shape index (κ1) is 88.3. The molecule has 2 saturated heterocycles. The van der Waals surface area contributed by atoms with Crippen LogP contribution in [-0.4, -0.2) is 282 Å². The van der Waals surface area contributed by atoms with Gasteiger partial charge in [-0.3, -0.25) is 0 Å². The van der Waals surface area contributed by atoms with Crippen molar-refractivity contribution in [3.05, 3.63) is 122 Å². The van der Waals surface area contributed by atoms with Crippen LogP contribution in [0.15, 0.2) is 66.7 Å². The normalized spacial score (nSPS) is 20.1. The molecule has 0 amide bonds. The summed E-state index contributed by atoms with van der Waals surface area (Å²) in [6.07, 6.45) is -28.2. The number of phenolic OH excluding ortho intramolecular Hbond substituents is 29. The van der Waals surface area contributed by atoms with Crippen molar-refractivity contribution in [2.75, 3.05) is 13.2 Å². The summed E-state index contributed by atoms with van der Waals surface area (Å²) in [6, 6.07) is 3.10. The number of benzene rings is 10. The first-order chi connectivity index (χ1) is 63.1. The standard InChI is InChI=1S/C82H54O52/c83-23-1-14(2-24(84)45(23)93)71(112)133-81-69-68(130-77(118)19-8-29(89)50(98)57(105)39(19)40-20(78(119)131-69)9-30(90)51(99)58(40)106)65-35(126-81)13-123-80(121)44-43(42-22(75(116)128-65)11-32(92)53(101)60(42)108)61(109)62(110)63(111)66(44)124-33-4-15(3-25(85)46(33)94)72(113)134-82-70-67(129-76(117)18-7-28(88)49(97)56(104)38(18)41-21(79(120)132-70)10-31(91)52(100)59(41)107)64-34(125-82)12-122-73(114)16-5-26(86)47(95)54(102)36(16)37-17(74(115)127-64)6-27(87)48(96)55(37)103/h1-11,34-35,64-65,67-70,81-111H,12-13H2. The summed E-state index contributed by atoms with van der Waals surface area (Å²) < 4.78 is 74.8. The van der Waals surface area contributed by atoms with Crippen LogP contribution in [0.25, 0.3) is 44.5 Å². The summed E-state index contributed by atoms with van der Waals surface area (Å²) in [6.45, 7) is -3.30. The maximum Gasteiger partial charge on any atom is 0.342 e. The number of aromatic hydroxyl groups is 29. The van der Waals surface area contributed by atoms with E-state index in [0.717, 1.165) is 0 Å². The molecule has 0 bridgehead atoms. The fourth-order valence-electron chi connectivity index (χ4n) is 15.2. The molecule has 52 nitrogen and oxygen atoms in total. The van der Waals surface area contributed by atoms with Crippen molar-refractivity contribution in [2.24, 2.45) is 0 Å². The van der Waals surface area contributed by atoms with Gasteiger partial charge in [0.05, 0.1) is 55.6 Å². The van der Waals surface area contributed by atoms with Gasteiger partial charge in [0.2, 0.25) is 82.3 Å². The highest BCUT2D eigenvalue weighted by Crippen LogP contribution is 2.62. The van der Waals surface area contributed by atoms with Crippen molar-refractivity contribution in [3.8, 4) is 223 Å². The molecule has 2 fully saturated rings. The smallest absolute Gasteiger partial charge is 0.342 e. The summed E-state index contributed by atoms with van der Waals surface area (Å²) in [4.78, 5) is 150. The largest absolute Gasteiger partial charge is 0.504 e. The van der Waals surface area contributed by atoms with Gasteiger partial charge in [-0.05, 0) is 66.7 Å². The van der Waals surface area contributed by atoms with E-state index in [9.17, 15) is 162 Å². The van der Waals surface area contributed by atoms with Crippen LogP contribution in [0.1, 0.15) is 104 Å². The van der Waals surface area contributed by atoms with E-state index in [1.165, 1.54) is 0 Å². The van der Waals surface area contributed by atoms with Crippen LogP contribution in [0.4, 0.5) is 0 Å². The Morgan fingerprint density at radius 3 is 0.776 bits per heavy atom. The zero-order valence-electron chi connectivity index (χ0n) is 65.4. The van der Waals surface area contributed by atoms with Crippen LogP contribution in [-0.2, 0) is 56.8 Å². The number of carbonyl (C=O) groups is 10. The molecule has 10 unspecified atom stereocenters. The number of carbonyl (C=O) groups excluding carboxylic acids is 10. The number of hydrogen-bond donors (Lipinski definition) is 29. The third-order valence-electron chi connectivity index (χ3n) is 21.6. The lowest BCUT2D eigenvalue weighted by Crippen LogP contribution is -2.63. The fraction of sp³-hybridized carbons (Fsp3) is 0.146. The molecule has 29 N–H and O–H groups in total. The molecule has 6 aliphatic heterocycles. The monoisotopic (exact) mass is 1870 g/mol. The van der Waals surface area contributed by atoms with Crippen LogP contribution in [0, 0.1) is 0 Å². The minimum Gasteiger partial charge on any atom is -0.504 e. The van der Waals surface area contributed by atoms with Crippen LogP contribution < -0.4 is 4.74 Å². The van der Waals surface area contributed by atoms with Gasteiger partial charge in [0, 0.05) is 38.9 Å². The van der Waals surface area contributed by atoms with E-state index in [0.29, 0.717) is 18.2 Å². The molecular formula is C82H54O52. The first-order valence-corrected chi connectivity index (χ1v) is 37.2. The molecular weight excluding hydrogens is 1820 g/mol. The molecule has 10 aromatic carbocycles. The van der Waals surface area contributed by atoms with Crippen molar-refractivity contribution in [2.45, 2.75) is 61.4 Å². The highest BCUT2D eigenvalue weighted by atomic mass is 16.8. The summed E-state index contributed by atoms with van der Waals surface area (Å²) in [5.41, 5.74) is -24.1. The fourth-order valence-corrected chi connectivity index (χ4v) is 15.2. The van der Waals surface area contributed by atoms with Crippen LogP contribution in [0.5, 0.6) is 178 Å². The van der Waals surface area contributed by atoms with Gasteiger partial charge in [-0.15, -0.1) is 0 Å². The van der Waals surface area contributed by atoms with E-state index in [-0.39, 0.29) is 48.5 Å². The van der Waals surface area contributed by atoms with E-state index < -0.39 is 413 Å². The van der Waals surface area contributed by atoms with Crippen LogP contribution >= 0.6 is 0 Å². The summed E-state index contributed by atoms with van der Waals surface area (Å²) >= 11 is 0. The predicted octanol–water partition coefficient (Wildman–Crippen LogP) is 3.69. The van der Waals surface area contributed by atoms with Crippen molar-refractivity contribution >= 4 is 59.7 Å². The molecule has 10 atom stereocenters. The molecule has 0 spiro atoms. The van der Waals surface area contributed by atoms with Gasteiger partial charge in [-0.25, -0.2) is 47.9 Å². The Labute approximate surface area is 734 Å². The van der Waals surface area contributed by atoms with Gasteiger partial charge in [0.15, 0.2) is 145 Å². The minimum atomic E-state index is -3.02. The quantitative estimate of drug-likeness (QED) is 0.0641. The van der Waals surface area contributed by atoms with Crippen molar-refractivity contribution in [1.82, 2.24) is 0 Å². The van der Waals surface area contributed by atoms with Crippen molar-refractivity contribution in [1.29, 1.82) is 0 Å². The molecule has 694 valence electrons. The Kier molecular flexibility index (Phi) is 20.9. The SMILES string of the molecule is O=C(OC1OC2COC(=O)c3cc(O)c(O)c(O)c3-c3c(cc(O)c(O)c3O)C(=O)OC2C2OC(=O)c3cc(O)c(O)c(O)c3-c3c(cc(O)c(O)c3O)C(=O)OC12)c1cc(O)c(O)c(Oc2c(O)c(O)c(O)c3c2C(=O)OCC2OC(OC(=O)c4cc(O)c(O)c(O)c4)C4OC(=O)c5cc(O)c(O)c(O)c5-c5c(cc(O)c(O)c5O)C(=O)OC4C2OC(=O)c2cc(O)c(O)c(O)c2-3)c1. The number of cyclic esters (lactones) is 2. The van der Waals surface area contributed by atoms with E-state index in [1.807, 2.05) is 0 Å². The number of esters is 10. The van der Waals surface area contributed by atoms with E-state index in [2.05, 4.69) is 0 Å². The third-order valence-corrected chi connectivity index (χ3v) is 21.6. The van der Waals surface area contributed by atoms with Gasteiger partial charge in [0.1, 0.15) is 31.0 Å². The van der Waals surface area contributed by atoms with Crippen molar-refractivity contribution in [3.63, 3.8) is 0 Å². The molecule has 6 aliphatic rings. The van der Waals surface area contributed by atoms with E-state index in [1.54, 1.807) is 0 Å². The Balaban J connectivity index is 0.822. The number of fused-ring (bicyclic) bond motifs is 18. The Morgan fingerprint density at radius 2 is 0.470 bits per heavy atom. The number of ether oxygens (including phenoxy) is 13. The molecule has 134 heavy (non-hydrogen) atoms. The lowest BCUT2D eigenvalue weighted by atomic mass is 9.90. The van der Waals surface area contributed by atoms with Crippen LogP contribution in [0.3, 0.4) is 0 Å². The molecule has 6 heterocycles. The third kappa shape index (κ3) is 13.9. The number of hydrogen-bond acceptors (Lipinski definition) is 52. The lowest BCUT2D eigenvalue weighted by Gasteiger charge is -2.44. The zero-order valence-corrected chi connectivity index (χ0v) is 65.4. The zero-order chi connectivity index (χ0) is 97.2. The van der Waals surface area contributed by atoms with Gasteiger partial charge in [0.25, 0.3) is 0 Å². The minimum absolute atomic E-state index is 0.132. The second-order valence-corrected chi connectivity index (χ2v) is 29.4. The van der Waals surface area contributed by atoms with Gasteiger partial charge in [-0.2, -0.15) is 0 Å².